The summed E-state index contributed by atoms with van der Waals surface area (Å²) in [6, 6.07) is 10.9. The molecule has 2 nitrogen and oxygen atoms in total. The normalized spacial score (nSPS) is 10.8. The van der Waals surface area contributed by atoms with Gasteiger partial charge in [-0.25, -0.2) is 8.78 Å². The van der Waals surface area contributed by atoms with E-state index in [0.29, 0.717) is 0 Å². The molecule has 1 N–H and O–H groups in total. The minimum absolute atomic E-state index is 0.211. The van der Waals surface area contributed by atoms with Crippen LogP contribution in [0.25, 0.3) is 6.08 Å². The van der Waals surface area contributed by atoms with Crippen LogP contribution in [0.5, 0.6) is 0 Å². The quantitative estimate of drug-likeness (QED) is 0.844. The predicted molar refractivity (Wildman–Crippen MR) is 75.2 cm³/mol. The highest BCUT2D eigenvalue weighted by molar-refractivity contribution is 6.01. The first kappa shape index (κ1) is 13.9. The molecule has 0 aliphatic carbocycles. The molecule has 0 bridgehead atoms. The second-order valence-electron chi connectivity index (χ2n) is 4.36. The van der Waals surface area contributed by atoms with Gasteiger partial charge in [0.2, 0.25) is 5.91 Å². The lowest BCUT2D eigenvalue weighted by molar-refractivity contribution is -0.111. The first-order chi connectivity index (χ1) is 9.54. The summed E-state index contributed by atoms with van der Waals surface area (Å²) in [6.07, 6.45) is 2.99. The molecule has 0 fully saturated rings. The van der Waals surface area contributed by atoms with Crippen molar-refractivity contribution in [3.8, 4) is 0 Å². The second-order valence-corrected chi connectivity index (χ2v) is 4.36. The van der Waals surface area contributed by atoms with E-state index >= 15 is 0 Å². The maximum Gasteiger partial charge on any atom is 0.248 e. The van der Waals surface area contributed by atoms with Gasteiger partial charge in [0.15, 0.2) is 11.6 Å². The highest BCUT2D eigenvalue weighted by Gasteiger charge is 2.03. The Morgan fingerprint density at radius 1 is 1.05 bits per heavy atom. The molecule has 0 heterocycles. The van der Waals surface area contributed by atoms with E-state index in [9.17, 15) is 13.6 Å². The topological polar surface area (TPSA) is 29.1 Å². The Labute approximate surface area is 115 Å². The monoisotopic (exact) mass is 273 g/mol. The molecule has 1 amide bonds. The SMILES string of the molecule is Cc1ccc(/C=C/C(=O)Nc2ccc(F)c(F)c2)cc1. The summed E-state index contributed by atoms with van der Waals surface area (Å²) in [7, 11) is 0. The van der Waals surface area contributed by atoms with Crippen molar-refractivity contribution >= 4 is 17.7 Å². The van der Waals surface area contributed by atoms with E-state index in [4.69, 9.17) is 0 Å². The summed E-state index contributed by atoms with van der Waals surface area (Å²) in [4.78, 5) is 11.6. The van der Waals surface area contributed by atoms with Gasteiger partial charge in [0.25, 0.3) is 0 Å². The van der Waals surface area contributed by atoms with Crippen LogP contribution >= 0.6 is 0 Å². The number of amides is 1. The zero-order chi connectivity index (χ0) is 14.5. The molecule has 0 aliphatic heterocycles. The molecule has 0 saturated carbocycles. The number of carbonyl (C=O) groups excluding carboxylic acids is 1. The number of anilines is 1. The first-order valence-corrected chi connectivity index (χ1v) is 6.05. The summed E-state index contributed by atoms with van der Waals surface area (Å²) in [5.41, 5.74) is 2.23. The molecule has 2 aromatic rings. The average Bonchev–Trinajstić information content (AvgIpc) is 2.42. The number of hydrogen-bond acceptors (Lipinski definition) is 1. The van der Waals surface area contributed by atoms with Crippen molar-refractivity contribution in [2.75, 3.05) is 5.32 Å². The van der Waals surface area contributed by atoms with Crippen LogP contribution < -0.4 is 5.32 Å². The maximum atomic E-state index is 13.0. The Kier molecular flexibility index (Phi) is 4.25. The Morgan fingerprint density at radius 3 is 2.40 bits per heavy atom. The van der Waals surface area contributed by atoms with Crippen LogP contribution in [-0.4, -0.2) is 5.91 Å². The third kappa shape index (κ3) is 3.75. The van der Waals surface area contributed by atoms with Gasteiger partial charge in [-0.1, -0.05) is 29.8 Å². The van der Waals surface area contributed by atoms with E-state index < -0.39 is 17.5 Å². The number of carbonyl (C=O) groups is 1. The van der Waals surface area contributed by atoms with Crippen molar-refractivity contribution in [2.24, 2.45) is 0 Å². The number of halogens is 2. The van der Waals surface area contributed by atoms with Crippen LogP contribution in [-0.2, 0) is 4.79 Å². The summed E-state index contributed by atoms with van der Waals surface area (Å²) in [5.74, 6) is -2.35. The van der Waals surface area contributed by atoms with E-state index in [0.717, 1.165) is 23.3 Å². The van der Waals surface area contributed by atoms with Gasteiger partial charge >= 0.3 is 0 Å². The Hall–Kier alpha value is -2.49. The molecule has 0 aliphatic rings. The molecule has 4 heteroatoms. The van der Waals surface area contributed by atoms with E-state index in [1.807, 2.05) is 31.2 Å². The van der Waals surface area contributed by atoms with Gasteiger partial charge < -0.3 is 5.32 Å². The van der Waals surface area contributed by atoms with Crippen LogP contribution in [0.2, 0.25) is 0 Å². The minimum Gasteiger partial charge on any atom is -0.322 e. The van der Waals surface area contributed by atoms with Gasteiger partial charge in [-0.15, -0.1) is 0 Å². The van der Waals surface area contributed by atoms with E-state index in [2.05, 4.69) is 5.32 Å². The van der Waals surface area contributed by atoms with Crippen LogP contribution in [0.15, 0.2) is 48.5 Å². The zero-order valence-corrected chi connectivity index (χ0v) is 10.9. The van der Waals surface area contributed by atoms with Crippen LogP contribution in [0.3, 0.4) is 0 Å². The molecule has 0 aromatic heterocycles. The fourth-order valence-corrected chi connectivity index (χ4v) is 1.61. The van der Waals surface area contributed by atoms with Gasteiger partial charge in [0, 0.05) is 17.8 Å². The largest absolute Gasteiger partial charge is 0.322 e. The molecule has 102 valence electrons. The number of nitrogens with one attached hydrogen (secondary N) is 1. The molecule has 2 aromatic carbocycles. The van der Waals surface area contributed by atoms with Crippen molar-refractivity contribution in [3.63, 3.8) is 0 Å². The standard InChI is InChI=1S/C16H13F2NO/c1-11-2-4-12(5-3-11)6-9-16(20)19-13-7-8-14(17)15(18)10-13/h2-10H,1H3,(H,19,20)/b9-6+. The maximum absolute atomic E-state index is 13.0. The van der Waals surface area contributed by atoms with Crippen molar-refractivity contribution in [1.82, 2.24) is 0 Å². The number of rotatable bonds is 3. The molecule has 0 radical (unpaired) electrons. The van der Waals surface area contributed by atoms with E-state index in [1.165, 1.54) is 12.1 Å². The van der Waals surface area contributed by atoms with Gasteiger partial charge in [0.1, 0.15) is 0 Å². The Balaban J connectivity index is 2.01. The van der Waals surface area contributed by atoms with Gasteiger partial charge in [-0.3, -0.25) is 4.79 Å². The van der Waals surface area contributed by atoms with Crippen molar-refractivity contribution < 1.29 is 13.6 Å². The van der Waals surface area contributed by atoms with Crippen molar-refractivity contribution in [3.05, 3.63) is 71.3 Å². The highest BCUT2D eigenvalue weighted by atomic mass is 19.2. The van der Waals surface area contributed by atoms with E-state index in [-0.39, 0.29) is 5.69 Å². The van der Waals surface area contributed by atoms with Gasteiger partial charge in [-0.05, 0) is 30.7 Å². The zero-order valence-electron chi connectivity index (χ0n) is 10.9. The molecular weight excluding hydrogens is 260 g/mol. The van der Waals surface area contributed by atoms with Crippen LogP contribution in [0.1, 0.15) is 11.1 Å². The summed E-state index contributed by atoms with van der Waals surface area (Å²) in [5, 5.41) is 2.46. The third-order valence-corrected chi connectivity index (χ3v) is 2.69. The second kappa shape index (κ2) is 6.10. The fourth-order valence-electron chi connectivity index (χ4n) is 1.61. The average molecular weight is 273 g/mol. The number of hydrogen-bond donors (Lipinski definition) is 1. The summed E-state index contributed by atoms with van der Waals surface area (Å²) < 4.78 is 25.7. The number of aryl methyl sites for hydroxylation is 1. The van der Waals surface area contributed by atoms with Crippen LogP contribution in [0, 0.1) is 18.6 Å². The van der Waals surface area contributed by atoms with E-state index in [1.54, 1.807) is 6.08 Å². The Bertz CT molecular complexity index is 648. The minimum atomic E-state index is -0.995. The van der Waals surface area contributed by atoms with Gasteiger partial charge in [0.05, 0.1) is 0 Å². The van der Waals surface area contributed by atoms with Crippen LogP contribution in [0.4, 0.5) is 14.5 Å². The molecule has 0 saturated heterocycles. The molecular formula is C16H13F2NO. The third-order valence-electron chi connectivity index (χ3n) is 2.69. The lowest BCUT2D eigenvalue weighted by atomic mass is 10.1. The smallest absolute Gasteiger partial charge is 0.248 e. The lowest BCUT2D eigenvalue weighted by Gasteiger charge is -2.02. The Morgan fingerprint density at radius 2 is 1.75 bits per heavy atom. The summed E-state index contributed by atoms with van der Waals surface area (Å²) >= 11 is 0. The molecule has 20 heavy (non-hydrogen) atoms. The molecule has 0 unspecified atom stereocenters. The first-order valence-electron chi connectivity index (χ1n) is 6.05. The summed E-state index contributed by atoms with van der Waals surface area (Å²) in [6.45, 7) is 1.98. The molecule has 0 spiro atoms. The van der Waals surface area contributed by atoms with Crippen molar-refractivity contribution in [1.29, 1.82) is 0 Å². The highest BCUT2D eigenvalue weighted by Crippen LogP contribution is 2.13. The fraction of sp³-hybridized carbons (Fsp3) is 0.0625. The van der Waals surface area contributed by atoms with Gasteiger partial charge in [-0.2, -0.15) is 0 Å². The number of benzene rings is 2. The lowest BCUT2D eigenvalue weighted by Crippen LogP contribution is -2.08. The molecule has 2 rings (SSSR count). The van der Waals surface area contributed by atoms with Crippen molar-refractivity contribution in [2.45, 2.75) is 6.92 Å². The predicted octanol–water partition coefficient (Wildman–Crippen LogP) is 3.93. The molecule has 0 atom stereocenters.